The average molecular weight is 305 g/mol. The summed E-state index contributed by atoms with van der Waals surface area (Å²) < 4.78 is 38.0. The van der Waals surface area contributed by atoms with Crippen LogP contribution in [0.4, 0.5) is 13.2 Å². The average Bonchev–Trinajstić information content (AvgIpc) is 2.71. The number of hydrogen-bond donors (Lipinski definition) is 2. The first-order valence-electron chi connectivity index (χ1n) is 6.99. The molecule has 0 aliphatic heterocycles. The quantitative estimate of drug-likeness (QED) is 0.819. The predicted molar refractivity (Wildman–Crippen MR) is 68.3 cm³/mol. The summed E-state index contributed by atoms with van der Waals surface area (Å²) in [5, 5.41) is 11.8. The molecule has 0 heterocycles. The molecule has 0 aromatic carbocycles. The van der Waals surface area contributed by atoms with Gasteiger partial charge in [-0.3, -0.25) is 4.79 Å². The van der Waals surface area contributed by atoms with Gasteiger partial charge in [0, 0.05) is 17.2 Å². The molecule has 7 heteroatoms. The number of carbonyl (C=O) groups excluding carboxylic acids is 1. The Morgan fingerprint density at radius 2 is 1.81 bits per heavy atom. The van der Waals surface area contributed by atoms with E-state index >= 15 is 0 Å². The third-order valence-corrected chi connectivity index (χ3v) is 4.29. The zero-order chi connectivity index (χ0) is 15.9. The second kappa shape index (κ2) is 5.35. The highest BCUT2D eigenvalue weighted by Crippen LogP contribution is 2.52. The Morgan fingerprint density at radius 3 is 2.29 bits per heavy atom. The Kier molecular flexibility index (Phi) is 4.04. The number of fused-ring (bicyclic) bond motifs is 1. The van der Waals surface area contributed by atoms with Gasteiger partial charge in [-0.1, -0.05) is 20.3 Å². The Hall–Kier alpha value is -1.53. The maximum atomic E-state index is 12.7. The third kappa shape index (κ3) is 2.78. The van der Waals surface area contributed by atoms with E-state index in [0.29, 0.717) is 12.8 Å². The summed E-state index contributed by atoms with van der Waals surface area (Å²) in [6.45, 7) is 3.34. The van der Waals surface area contributed by atoms with Gasteiger partial charge in [-0.2, -0.15) is 13.2 Å². The molecule has 21 heavy (non-hydrogen) atoms. The second-order valence-electron chi connectivity index (χ2n) is 6.00. The van der Waals surface area contributed by atoms with E-state index in [0.717, 1.165) is 6.42 Å². The maximum absolute atomic E-state index is 12.7. The van der Waals surface area contributed by atoms with Crippen molar-refractivity contribution in [1.82, 2.24) is 5.32 Å². The van der Waals surface area contributed by atoms with E-state index in [1.807, 2.05) is 0 Å². The highest BCUT2D eigenvalue weighted by molar-refractivity contribution is 6.02. The van der Waals surface area contributed by atoms with Crippen molar-refractivity contribution in [2.45, 2.75) is 45.3 Å². The van der Waals surface area contributed by atoms with Crippen LogP contribution in [0.2, 0.25) is 0 Å². The van der Waals surface area contributed by atoms with E-state index in [-0.39, 0.29) is 29.0 Å². The summed E-state index contributed by atoms with van der Waals surface area (Å²) in [6, 6.07) is -0.988. The molecule has 0 aromatic heterocycles. The minimum absolute atomic E-state index is 0.133. The van der Waals surface area contributed by atoms with Gasteiger partial charge in [0.15, 0.2) is 0 Å². The van der Waals surface area contributed by atoms with Crippen LogP contribution in [0.15, 0.2) is 11.3 Å². The van der Waals surface area contributed by atoms with Gasteiger partial charge in [0.1, 0.15) is 6.04 Å². The van der Waals surface area contributed by atoms with Crippen LogP contribution in [-0.4, -0.2) is 29.1 Å². The smallest absolute Gasteiger partial charge is 0.454 e. The van der Waals surface area contributed by atoms with E-state index in [2.05, 4.69) is 5.32 Å². The van der Waals surface area contributed by atoms with Crippen molar-refractivity contribution in [2.24, 2.45) is 17.8 Å². The van der Waals surface area contributed by atoms with Gasteiger partial charge in [-0.25, -0.2) is 4.79 Å². The van der Waals surface area contributed by atoms with Crippen molar-refractivity contribution in [3.8, 4) is 0 Å². The molecular formula is C14H18F3NO3. The topological polar surface area (TPSA) is 66.4 Å². The van der Waals surface area contributed by atoms with E-state index in [1.54, 1.807) is 13.8 Å². The molecular weight excluding hydrogens is 287 g/mol. The molecule has 3 unspecified atom stereocenters. The predicted octanol–water partition coefficient (Wildman–Crippen LogP) is 2.50. The number of carboxylic acids is 1. The van der Waals surface area contributed by atoms with E-state index in [4.69, 9.17) is 5.11 Å². The number of Topliss-reactive ketones (excluding diaryl/α,β-unsaturated/α-hetero) is 1. The maximum Gasteiger partial charge on any atom is 0.454 e. The van der Waals surface area contributed by atoms with Gasteiger partial charge in [-0.05, 0) is 24.7 Å². The molecule has 0 bridgehead atoms. The van der Waals surface area contributed by atoms with Crippen LogP contribution in [0.25, 0.3) is 0 Å². The lowest BCUT2D eigenvalue weighted by Crippen LogP contribution is -2.49. The zero-order valence-electron chi connectivity index (χ0n) is 11.8. The number of aliphatic carboxylic acids is 1. The fourth-order valence-electron chi connectivity index (χ4n) is 3.26. The van der Waals surface area contributed by atoms with Crippen molar-refractivity contribution < 1.29 is 27.9 Å². The first kappa shape index (κ1) is 15.9. The second-order valence-corrected chi connectivity index (χ2v) is 6.00. The third-order valence-electron chi connectivity index (χ3n) is 4.29. The normalized spacial score (nSPS) is 26.4. The first-order valence-corrected chi connectivity index (χ1v) is 6.99. The molecule has 0 saturated heterocycles. The Labute approximate surface area is 120 Å². The van der Waals surface area contributed by atoms with Crippen LogP contribution in [0.3, 0.4) is 0 Å². The lowest BCUT2D eigenvalue weighted by molar-refractivity contribution is -0.168. The number of hydrogen-bond acceptors (Lipinski definition) is 3. The molecule has 2 N–H and O–H groups in total. The highest BCUT2D eigenvalue weighted by atomic mass is 19.4. The molecule has 0 radical (unpaired) electrons. The molecule has 3 atom stereocenters. The van der Waals surface area contributed by atoms with Crippen molar-refractivity contribution in [1.29, 1.82) is 0 Å². The largest absolute Gasteiger partial charge is 0.480 e. The van der Waals surface area contributed by atoms with Crippen molar-refractivity contribution in [2.75, 3.05) is 0 Å². The van der Waals surface area contributed by atoms with E-state index < -0.39 is 24.0 Å². The highest BCUT2D eigenvalue weighted by Gasteiger charge is 2.53. The fraction of sp³-hybridized carbons (Fsp3) is 0.714. The van der Waals surface area contributed by atoms with Gasteiger partial charge in [-0.15, -0.1) is 0 Å². The van der Waals surface area contributed by atoms with Crippen LogP contribution in [0, 0.1) is 17.8 Å². The number of rotatable bonds is 5. The SMILES string of the molecule is CC(C)C(NC1=C(C(=O)C(F)(F)F)C2CCCC12)C(=O)O. The number of carbonyl (C=O) groups is 2. The zero-order valence-corrected chi connectivity index (χ0v) is 11.8. The number of halogens is 3. The van der Waals surface area contributed by atoms with Crippen LogP contribution in [0.5, 0.6) is 0 Å². The molecule has 118 valence electrons. The number of alkyl halides is 3. The van der Waals surface area contributed by atoms with Gasteiger partial charge in [0.25, 0.3) is 5.78 Å². The summed E-state index contributed by atoms with van der Waals surface area (Å²) >= 11 is 0. The van der Waals surface area contributed by atoms with Gasteiger partial charge in [0.2, 0.25) is 0 Å². The number of nitrogens with one attached hydrogen (secondary N) is 1. The monoisotopic (exact) mass is 305 g/mol. The number of ketones is 1. The van der Waals surface area contributed by atoms with Crippen molar-refractivity contribution in [3.63, 3.8) is 0 Å². The fourth-order valence-corrected chi connectivity index (χ4v) is 3.26. The molecule has 1 fully saturated rings. The summed E-state index contributed by atoms with van der Waals surface area (Å²) in [7, 11) is 0. The van der Waals surface area contributed by atoms with Crippen LogP contribution in [-0.2, 0) is 9.59 Å². The molecule has 0 spiro atoms. The molecule has 0 amide bonds. The lowest BCUT2D eigenvalue weighted by Gasteiger charge is -2.39. The summed E-state index contributed by atoms with van der Waals surface area (Å²) in [5.74, 6) is -3.76. The van der Waals surface area contributed by atoms with Gasteiger partial charge in [0.05, 0.1) is 0 Å². The van der Waals surface area contributed by atoms with E-state index in [9.17, 15) is 22.8 Å². The molecule has 4 nitrogen and oxygen atoms in total. The Morgan fingerprint density at radius 1 is 1.24 bits per heavy atom. The first-order chi connectivity index (χ1) is 9.64. The number of allylic oxidation sites excluding steroid dienone is 2. The number of carboxylic acid groups (broad SMARTS) is 1. The molecule has 2 aliphatic carbocycles. The standard InChI is InChI=1S/C14H18F3NO3/c1-6(2)10(13(20)21)18-11-8-5-3-4-7(8)9(11)12(19)14(15,16)17/h6-8,10,18H,3-5H2,1-2H3,(H,20,21). The van der Waals surface area contributed by atoms with Crippen LogP contribution < -0.4 is 5.32 Å². The minimum Gasteiger partial charge on any atom is -0.480 e. The molecule has 1 saturated carbocycles. The van der Waals surface area contributed by atoms with Gasteiger partial charge >= 0.3 is 12.1 Å². The summed E-state index contributed by atoms with van der Waals surface area (Å²) in [4.78, 5) is 22.7. The van der Waals surface area contributed by atoms with Crippen LogP contribution >= 0.6 is 0 Å². The van der Waals surface area contributed by atoms with Crippen LogP contribution in [0.1, 0.15) is 33.1 Å². The van der Waals surface area contributed by atoms with Gasteiger partial charge < -0.3 is 10.4 Å². The summed E-state index contributed by atoms with van der Waals surface area (Å²) in [6.07, 6.45) is -2.89. The van der Waals surface area contributed by atoms with E-state index in [1.165, 1.54) is 0 Å². The lowest BCUT2D eigenvalue weighted by atomic mass is 9.71. The minimum atomic E-state index is -4.91. The molecule has 2 rings (SSSR count). The Balaban J connectivity index is 2.30. The molecule has 2 aliphatic rings. The van der Waals surface area contributed by atoms with Crippen molar-refractivity contribution in [3.05, 3.63) is 11.3 Å². The van der Waals surface area contributed by atoms with Crippen molar-refractivity contribution >= 4 is 11.8 Å². The Bertz CT molecular complexity index is 496. The summed E-state index contributed by atoms with van der Waals surface area (Å²) in [5.41, 5.74) is -0.0576. The molecule has 0 aromatic rings.